The number of fused-ring (bicyclic) bond motifs is 1. The summed E-state index contributed by atoms with van der Waals surface area (Å²) in [6.45, 7) is 0. The summed E-state index contributed by atoms with van der Waals surface area (Å²) >= 11 is 0. The number of rotatable bonds is 2. The fourth-order valence-corrected chi connectivity index (χ4v) is 1.95. The van der Waals surface area contributed by atoms with Crippen LogP contribution in [0.2, 0.25) is 0 Å². The number of para-hydroxylation sites is 3. The number of ether oxygens (including phenoxy) is 1. The van der Waals surface area contributed by atoms with Gasteiger partial charge in [-0.3, -0.25) is 0 Å². The zero-order valence-corrected chi connectivity index (χ0v) is 10.4. The molecular weight excluding hydrogens is 252 g/mol. The molecule has 1 N–H and O–H groups in total. The predicted octanol–water partition coefficient (Wildman–Crippen LogP) is 3.60. The van der Waals surface area contributed by atoms with Gasteiger partial charge in [0.1, 0.15) is 6.07 Å². The van der Waals surface area contributed by atoms with Crippen LogP contribution in [-0.2, 0) is 0 Å². The van der Waals surface area contributed by atoms with Crippen molar-refractivity contribution in [3.05, 3.63) is 60.2 Å². The zero-order chi connectivity index (χ0) is 13.9. The molecule has 0 atom stereocenters. The van der Waals surface area contributed by atoms with Gasteiger partial charge in [-0.25, -0.2) is 4.98 Å². The van der Waals surface area contributed by atoms with E-state index in [1.165, 1.54) is 6.07 Å². The lowest BCUT2D eigenvalue weighted by molar-refractivity contribution is 0.403. The van der Waals surface area contributed by atoms with Crippen LogP contribution in [-0.4, -0.2) is 10.1 Å². The molecule has 3 rings (SSSR count). The molecule has 0 saturated carbocycles. The highest BCUT2D eigenvalue weighted by Crippen LogP contribution is 2.30. The van der Waals surface area contributed by atoms with E-state index in [-0.39, 0.29) is 11.6 Å². The Balaban J connectivity index is 2.09. The first-order chi connectivity index (χ1) is 9.78. The Morgan fingerprint density at radius 3 is 2.60 bits per heavy atom. The van der Waals surface area contributed by atoms with Gasteiger partial charge in [-0.1, -0.05) is 30.3 Å². The lowest BCUT2D eigenvalue weighted by Gasteiger charge is -2.08. The summed E-state index contributed by atoms with van der Waals surface area (Å²) in [4.78, 5) is 4.34. The summed E-state index contributed by atoms with van der Waals surface area (Å²) in [6, 6.07) is 17.7. The highest BCUT2D eigenvalue weighted by Gasteiger charge is 2.08. The number of nitriles is 1. The van der Waals surface area contributed by atoms with E-state index in [1.54, 1.807) is 24.3 Å². The maximum atomic E-state index is 9.69. The number of pyridine rings is 1. The highest BCUT2D eigenvalue weighted by molar-refractivity contribution is 5.85. The molecule has 4 nitrogen and oxygen atoms in total. The Bertz CT molecular complexity index is 822. The smallest absolute Gasteiger partial charge is 0.221 e. The number of benzene rings is 2. The van der Waals surface area contributed by atoms with Crippen LogP contribution in [0.1, 0.15) is 5.56 Å². The molecule has 0 aliphatic rings. The van der Waals surface area contributed by atoms with E-state index in [0.717, 1.165) is 5.39 Å². The van der Waals surface area contributed by atoms with Crippen molar-refractivity contribution in [2.45, 2.75) is 0 Å². The van der Waals surface area contributed by atoms with Gasteiger partial charge >= 0.3 is 0 Å². The molecule has 1 heterocycles. The van der Waals surface area contributed by atoms with Crippen molar-refractivity contribution in [1.82, 2.24) is 4.98 Å². The summed E-state index contributed by atoms with van der Waals surface area (Å²) in [7, 11) is 0. The molecule has 3 aromatic rings. The van der Waals surface area contributed by atoms with Gasteiger partial charge < -0.3 is 9.84 Å². The van der Waals surface area contributed by atoms with Gasteiger partial charge in [-0.05, 0) is 18.2 Å². The van der Waals surface area contributed by atoms with Gasteiger partial charge in [0.15, 0.2) is 11.5 Å². The van der Waals surface area contributed by atoms with Gasteiger partial charge in [0.25, 0.3) is 0 Å². The zero-order valence-electron chi connectivity index (χ0n) is 10.4. The fraction of sp³-hybridized carbons (Fsp3) is 0. The minimum absolute atomic E-state index is 0.0287. The van der Waals surface area contributed by atoms with Crippen molar-refractivity contribution in [2.24, 2.45) is 0 Å². The molecule has 0 fully saturated rings. The van der Waals surface area contributed by atoms with Crippen molar-refractivity contribution < 1.29 is 9.84 Å². The molecule has 0 radical (unpaired) electrons. The van der Waals surface area contributed by atoms with Gasteiger partial charge in [-0.15, -0.1) is 0 Å². The van der Waals surface area contributed by atoms with Gasteiger partial charge in [0, 0.05) is 11.5 Å². The second kappa shape index (κ2) is 4.90. The highest BCUT2D eigenvalue weighted by atomic mass is 16.5. The van der Waals surface area contributed by atoms with Crippen LogP contribution in [0.5, 0.6) is 17.4 Å². The number of aromatic hydroxyl groups is 1. The minimum Gasteiger partial charge on any atom is -0.504 e. The quantitative estimate of drug-likeness (QED) is 0.766. The van der Waals surface area contributed by atoms with E-state index < -0.39 is 0 Å². The van der Waals surface area contributed by atoms with Crippen molar-refractivity contribution >= 4 is 10.9 Å². The Kier molecular flexibility index (Phi) is 2.94. The normalized spacial score (nSPS) is 10.2. The Hall–Kier alpha value is -3.06. The first kappa shape index (κ1) is 12.0. The molecular formula is C16H10N2O2. The summed E-state index contributed by atoms with van der Waals surface area (Å²) in [5, 5.41) is 19.7. The van der Waals surface area contributed by atoms with Crippen molar-refractivity contribution in [2.75, 3.05) is 0 Å². The van der Waals surface area contributed by atoms with Gasteiger partial charge in [0.05, 0.1) is 11.1 Å². The number of aromatic nitrogens is 1. The molecule has 20 heavy (non-hydrogen) atoms. The largest absolute Gasteiger partial charge is 0.504 e. The molecule has 1 aromatic heterocycles. The first-order valence-electron chi connectivity index (χ1n) is 6.03. The van der Waals surface area contributed by atoms with Crippen LogP contribution < -0.4 is 4.74 Å². The van der Waals surface area contributed by atoms with Crippen LogP contribution in [0.3, 0.4) is 0 Å². The van der Waals surface area contributed by atoms with Crippen molar-refractivity contribution in [1.29, 1.82) is 5.26 Å². The average molecular weight is 262 g/mol. The SMILES string of the molecule is N#Cc1cc(Oc2ccccc2O)nc2ccccc12. The van der Waals surface area contributed by atoms with Crippen LogP contribution in [0.25, 0.3) is 10.9 Å². The Morgan fingerprint density at radius 2 is 1.80 bits per heavy atom. The summed E-state index contributed by atoms with van der Waals surface area (Å²) in [6.07, 6.45) is 0. The van der Waals surface area contributed by atoms with Crippen LogP contribution in [0.4, 0.5) is 0 Å². The summed E-state index contributed by atoms with van der Waals surface area (Å²) in [5.41, 5.74) is 1.16. The topological polar surface area (TPSA) is 66.1 Å². The number of phenols is 1. The van der Waals surface area contributed by atoms with E-state index in [9.17, 15) is 10.4 Å². The van der Waals surface area contributed by atoms with Crippen LogP contribution >= 0.6 is 0 Å². The summed E-state index contributed by atoms with van der Waals surface area (Å²) in [5.74, 6) is 0.613. The van der Waals surface area contributed by atoms with Crippen molar-refractivity contribution in [3.8, 4) is 23.4 Å². The third kappa shape index (κ3) is 2.13. The molecule has 0 bridgehead atoms. The van der Waals surface area contributed by atoms with E-state index in [0.29, 0.717) is 16.8 Å². The molecule has 0 aliphatic carbocycles. The van der Waals surface area contributed by atoms with E-state index in [1.807, 2.05) is 24.3 Å². The van der Waals surface area contributed by atoms with E-state index >= 15 is 0 Å². The van der Waals surface area contributed by atoms with E-state index in [4.69, 9.17) is 4.74 Å². The molecule has 0 saturated heterocycles. The van der Waals surface area contributed by atoms with Crippen LogP contribution in [0.15, 0.2) is 54.6 Å². The minimum atomic E-state index is 0.0287. The van der Waals surface area contributed by atoms with E-state index in [2.05, 4.69) is 11.1 Å². The number of hydrogen-bond acceptors (Lipinski definition) is 4. The maximum Gasteiger partial charge on any atom is 0.221 e. The second-order valence-electron chi connectivity index (χ2n) is 4.21. The molecule has 0 spiro atoms. The lowest BCUT2D eigenvalue weighted by atomic mass is 10.1. The van der Waals surface area contributed by atoms with Gasteiger partial charge in [0.2, 0.25) is 5.88 Å². The number of nitrogens with zero attached hydrogens (tertiary/aromatic N) is 2. The molecule has 96 valence electrons. The second-order valence-corrected chi connectivity index (χ2v) is 4.21. The standard InChI is InChI=1S/C16H10N2O2/c17-10-11-9-16(18-13-6-2-1-5-12(11)13)20-15-8-4-3-7-14(15)19/h1-9,19H. The third-order valence-corrected chi connectivity index (χ3v) is 2.89. The fourth-order valence-electron chi connectivity index (χ4n) is 1.95. The van der Waals surface area contributed by atoms with Gasteiger partial charge in [-0.2, -0.15) is 5.26 Å². The Morgan fingerprint density at radius 1 is 1.05 bits per heavy atom. The number of hydrogen-bond donors (Lipinski definition) is 1. The first-order valence-corrected chi connectivity index (χ1v) is 6.03. The predicted molar refractivity (Wildman–Crippen MR) is 74.6 cm³/mol. The lowest BCUT2D eigenvalue weighted by Crippen LogP contribution is -1.91. The monoisotopic (exact) mass is 262 g/mol. The molecule has 2 aromatic carbocycles. The molecule has 0 aliphatic heterocycles. The maximum absolute atomic E-state index is 9.69. The molecule has 4 heteroatoms. The number of phenolic OH excluding ortho intramolecular Hbond substituents is 1. The average Bonchev–Trinajstić information content (AvgIpc) is 2.49. The van der Waals surface area contributed by atoms with Crippen molar-refractivity contribution in [3.63, 3.8) is 0 Å². The summed E-state index contributed by atoms with van der Waals surface area (Å²) < 4.78 is 5.55. The molecule has 0 amide bonds. The third-order valence-electron chi connectivity index (χ3n) is 2.89. The Labute approximate surface area is 115 Å². The van der Waals surface area contributed by atoms with Crippen LogP contribution in [0, 0.1) is 11.3 Å². The molecule has 0 unspecified atom stereocenters.